The molecule has 6 heteroatoms. The van der Waals surface area contributed by atoms with Crippen molar-refractivity contribution in [1.82, 2.24) is 15.2 Å². The molecule has 2 unspecified atom stereocenters. The molecule has 0 fully saturated rings. The van der Waals surface area contributed by atoms with Crippen LogP contribution in [0.4, 0.5) is 0 Å². The minimum Gasteiger partial charge on any atom is -0.456 e. The molecular formula is C52H37N3OS2. The lowest BCUT2D eigenvalue weighted by atomic mass is 9.92. The first kappa shape index (κ1) is 33.0. The Morgan fingerprint density at radius 3 is 2.40 bits per heavy atom. The van der Waals surface area contributed by atoms with Crippen LogP contribution in [0.2, 0.25) is 0 Å². The number of aromatic nitrogens is 1. The summed E-state index contributed by atoms with van der Waals surface area (Å²) >= 11 is 3.79. The van der Waals surface area contributed by atoms with Gasteiger partial charge in [0, 0.05) is 57.0 Å². The summed E-state index contributed by atoms with van der Waals surface area (Å²) in [5.74, 6) is 0. The van der Waals surface area contributed by atoms with Crippen LogP contribution in [0.15, 0.2) is 171 Å². The molecule has 13 rings (SSSR count). The Balaban J connectivity index is 0.955. The van der Waals surface area contributed by atoms with Crippen LogP contribution in [-0.2, 0) is 0 Å². The van der Waals surface area contributed by atoms with E-state index in [4.69, 9.17) is 4.42 Å². The van der Waals surface area contributed by atoms with Gasteiger partial charge in [-0.1, -0.05) is 109 Å². The number of para-hydroxylation sites is 2. The lowest BCUT2D eigenvalue weighted by Gasteiger charge is -2.36. The van der Waals surface area contributed by atoms with Crippen LogP contribution in [0, 0.1) is 0 Å². The summed E-state index contributed by atoms with van der Waals surface area (Å²) in [7, 11) is 0. The van der Waals surface area contributed by atoms with Crippen LogP contribution >= 0.6 is 23.1 Å². The van der Waals surface area contributed by atoms with Gasteiger partial charge in [0.2, 0.25) is 0 Å². The number of nitrogens with one attached hydrogen (secondary N) is 2. The smallest absolute Gasteiger partial charge is 0.135 e. The van der Waals surface area contributed by atoms with Gasteiger partial charge in [-0.25, -0.2) is 0 Å². The van der Waals surface area contributed by atoms with Gasteiger partial charge in [-0.3, -0.25) is 5.32 Å². The third-order valence-electron chi connectivity index (χ3n) is 12.6. The Morgan fingerprint density at radius 2 is 1.53 bits per heavy atom. The monoisotopic (exact) mass is 783 g/mol. The van der Waals surface area contributed by atoms with E-state index in [0.717, 1.165) is 36.7 Å². The van der Waals surface area contributed by atoms with Crippen molar-refractivity contribution in [2.24, 2.45) is 0 Å². The second kappa shape index (κ2) is 12.7. The zero-order valence-electron chi connectivity index (χ0n) is 31.6. The molecule has 4 nitrogen and oxygen atoms in total. The molecule has 0 bridgehead atoms. The van der Waals surface area contributed by atoms with Gasteiger partial charge in [0.25, 0.3) is 0 Å². The predicted molar refractivity (Wildman–Crippen MR) is 244 cm³/mol. The van der Waals surface area contributed by atoms with Gasteiger partial charge in [-0.05, 0) is 108 Å². The lowest BCUT2D eigenvalue weighted by Crippen LogP contribution is -2.51. The SMILES string of the molecule is C1=CC(C2=C3Sc4ccccc4C3NC(C3=c4c(oc5ccc(-c6cccc7sc8cc(-n9c%10ccccc%10c%10ccccc%109)ccc8c67)cc45)=CCC3)N2)=CCC1. The molecule has 3 aromatic heterocycles. The van der Waals surface area contributed by atoms with Crippen LogP contribution in [0.25, 0.3) is 81.4 Å². The topological polar surface area (TPSA) is 42.1 Å². The Hall–Kier alpha value is -6.05. The van der Waals surface area contributed by atoms with E-state index in [2.05, 4.69) is 167 Å². The molecule has 9 aromatic rings. The van der Waals surface area contributed by atoms with Gasteiger partial charge >= 0.3 is 0 Å². The average Bonchev–Trinajstić information content (AvgIpc) is 4.04. The van der Waals surface area contributed by atoms with E-state index in [1.807, 2.05) is 23.1 Å². The number of furan rings is 1. The first-order chi connectivity index (χ1) is 28.7. The van der Waals surface area contributed by atoms with Gasteiger partial charge in [0.05, 0.1) is 22.8 Å². The standard InChI is InChI=1S/C52H37N3OS2/c1-2-12-30(13-3-1)49-51-50(37-16-6-9-22-44(37)58-51)54-52(53-49)38-18-10-21-43-47(38)39-28-31(24-27-42(39)56-43)33-17-11-23-45-48(33)36-26-25-32(29-46(36)57-45)55-40-19-7-4-14-34(40)35-15-5-8-20-41(35)55/h2,4-9,11-17,19-29,50,52-54H,1,3,10,18H2. The van der Waals surface area contributed by atoms with Crippen LogP contribution in [-0.4, -0.2) is 10.7 Å². The normalized spacial score (nSPS) is 18.8. The number of thiophene rings is 1. The largest absolute Gasteiger partial charge is 0.456 e. The molecule has 2 N–H and O–H groups in total. The quantitative estimate of drug-likeness (QED) is 0.187. The van der Waals surface area contributed by atoms with Gasteiger partial charge in [-0.15, -0.1) is 11.3 Å². The summed E-state index contributed by atoms with van der Waals surface area (Å²) in [6.07, 6.45) is 13.4. The molecule has 2 aliphatic heterocycles. The van der Waals surface area contributed by atoms with Gasteiger partial charge in [0.1, 0.15) is 17.2 Å². The maximum Gasteiger partial charge on any atom is 0.135 e. The van der Waals surface area contributed by atoms with Gasteiger partial charge in [0.15, 0.2) is 0 Å². The summed E-state index contributed by atoms with van der Waals surface area (Å²) < 4.78 is 11.7. The van der Waals surface area contributed by atoms with Crippen LogP contribution in [0.1, 0.15) is 37.3 Å². The third-order valence-corrected chi connectivity index (χ3v) is 15.0. The summed E-state index contributed by atoms with van der Waals surface area (Å²) in [6.45, 7) is 0. The van der Waals surface area contributed by atoms with Crippen LogP contribution in [0.3, 0.4) is 0 Å². The highest BCUT2D eigenvalue weighted by molar-refractivity contribution is 8.03. The van der Waals surface area contributed by atoms with Crippen molar-refractivity contribution in [3.05, 3.63) is 178 Å². The van der Waals surface area contributed by atoms with Crippen molar-refractivity contribution in [2.75, 3.05) is 0 Å². The lowest BCUT2D eigenvalue weighted by molar-refractivity contribution is 0.464. The Kier molecular flexibility index (Phi) is 7.23. The van der Waals surface area contributed by atoms with E-state index < -0.39 is 0 Å². The molecular weight excluding hydrogens is 747 g/mol. The van der Waals surface area contributed by atoms with Crippen LogP contribution < -0.4 is 21.3 Å². The molecule has 0 spiro atoms. The first-order valence-corrected chi connectivity index (χ1v) is 22.0. The van der Waals surface area contributed by atoms with Gasteiger partial charge < -0.3 is 14.3 Å². The number of hydrogen-bond acceptors (Lipinski definition) is 5. The molecule has 2 aliphatic carbocycles. The second-order valence-corrected chi connectivity index (χ2v) is 18.0. The fourth-order valence-electron chi connectivity index (χ4n) is 10.1. The number of fused-ring (bicyclic) bond motifs is 12. The number of hydrogen-bond donors (Lipinski definition) is 2. The molecule has 2 atom stereocenters. The molecule has 58 heavy (non-hydrogen) atoms. The fraction of sp³-hybridized carbons (Fsp3) is 0.115. The van der Waals surface area contributed by atoms with Crippen LogP contribution in [0.5, 0.6) is 0 Å². The number of rotatable bonds is 4. The van der Waals surface area contributed by atoms with Crippen molar-refractivity contribution in [1.29, 1.82) is 0 Å². The van der Waals surface area contributed by atoms with E-state index in [0.29, 0.717) is 0 Å². The number of allylic oxidation sites excluding steroid dienone is 3. The summed E-state index contributed by atoms with van der Waals surface area (Å²) in [6, 6.07) is 47.2. The molecule has 0 saturated carbocycles. The van der Waals surface area contributed by atoms with E-state index in [9.17, 15) is 0 Å². The summed E-state index contributed by atoms with van der Waals surface area (Å²) in [4.78, 5) is 2.71. The van der Waals surface area contributed by atoms with Crippen molar-refractivity contribution in [2.45, 2.75) is 42.8 Å². The highest BCUT2D eigenvalue weighted by Gasteiger charge is 2.38. The minimum absolute atomic E-state index is 0.0309. The highest BCUT2D eigenvalue weighted by Crippen LogP contribution is 2.51. The molecule has 4 aliphatic rings. The third kappa shape index (κ3) is 4.86. The van der Waals surface area contributed by atoms with E-state index in [1.54, 1.807) is 0 Å². The Labute approximate surface area is 343 Å². The van der Waals surface area contributed by atoms with Gasteiger partial charge in [-0.2, -0.15) is 0 Å². The molecule has 5 heterocycles. The molecule has 0 amide bonds. The zero-order valence-corrected chi connectivity index (χ0v) is 33.2. The van der Waals surface area contributed by atoms with Crippen molar-refractivity contribution in [3.8, 4) is 16.8 Å². The van der Waals surface area contributed by atoms with E-state index >= 15 is 0 Å². The minimum atomic E-state index is -0.0309. The average molecular weight is 784 g/mol. The predicted octanol–water partition coefficient (Wildman–Crippen LogP) is 12.1. The van der Waals surface area contributed by atoms with E-state index in [-0.39, 0.29) is 12.2 Å². The van der Waals surface area contributed by atoms with E-state index in [1.165, 1.54) is 102 Å². The fourth-order valence-corrected chi connectivity index (χ4v) is 12.5. The Bertz CT molecular complexity index is 3410. The first-order valence-electron chi connectivity index (χ1n) is 20.4. The summed E-state index contributed by atoms with van der Waals surface area (Å²) in [5.41, 5.74) is 13.4. The maximum absolute atomic E-state index is 6.67. The highest BCUT2D eigenvalue weighted by atomic mass is 32.2. The maximum atomic E-state index is 6.67. The molecule has 278 valence electrons. The second-order valence-electron chi connectivity index (χ2n) is 15.8. The molecule has 0 radical (unpaired) electrons. The van der Waals surface area contributed by atoms with Crippen molar-refractivity contribution in [3.63, 3.8) is 0 Å². The zero-order chi connectivity index (χ0) is 37.9. The molecule has 6 aromatic carbocycles. The van der Waals surface area contributed by atoms with Crippen molar-refractivity contribution < 1.29 is 4.42 Å². The van der Waals surface area contributed by atoms with Crippen molar-refractivity contribution >= 4 is 87.7 Å². The summed E-state index contributed by atoms with van der Waals surface area (Å²) in [5, 5.41) is 15.7. The number of benzene rings is 6. The number of thioether (sulfide) groups is 1. The Morgan fingerprint density at radius 1 is 0.690 bits per heavy atom. The number of nitrogens with zero attached hydrogens (tertiary/aromatic N) is 1. The molecule has 0 saturated heterocycles.